The Morgan fingerprint density at radius 3 is 2.79 bits per heavy atom. The topological polar surface area (TPSA) is 98.6 Å². The summed E-state index contributed by atoms with van der Waals surface area (Å²) in [6, 6.07) is 7.61. The number of amides is 1. The molecule has 0 aliphatic heterocycles. The largest absolute Gasteiger partial charge is 0.356 e. The molecule has 0 fully saturated rings. The maximum absolute atomic E-state index is 12.0. The fourth-order valence-electron chi connectivity index (χ4n) is 2.62. The van der Waals surface area contributed by atoms with Crippen LogP contribution in [0.5, 0.6) is 0 Å². The molecule has 124 valence electrons. The van der Waals surface area contributed by atoms with E-state index in [4.69, 9.17) is 5.26 Å². The van der Waals surface area contributed by atoms with Crippen molar-refractivity contribution in [3.63, 3.8) is 0 Å². The molecule has 2 heterocycles. The number of aryl methyl sites for hydroxylation is 1. The highest BCUT2D eigenvalue weighted by Gasteiger charge is 2.13. The lowest BCUT2D eigenvalue weighted by atomic mass is 9.99. The Balaban J connectivity index is 1.90. The van der Waals surface area contributed by atoms with Crippen LogP contribution >= 0.6 is 0 Å². The summed E-state index contributed by atoms with van der Waals surface area (Å²) >= 11 is 0. The summed E-state index contributed by atoms with van der Waals surface area (Å²) < 4.78 is 0. The van der Waals surface area contributed by atoms with Crippen molar-refractivity contribution in [2.75, 3.05) is 6.54 Å². The lowest BCUT2D eigenvalue weighted by Crippen LogP contribution is -2.26. The molecule has 0 spiro atoms. The summed E-state index contributed by atoms with van der Waals surface area (Å²) in [7, 11) is 0. The summed E-state index contributed by atoms with van der Waals surface area (Å²) in [6.07, 6.45) is 3.20. The Hall–Kier alpha value is -2.94. The number of nitriles is 1. The van der Waals surface area contributed by atoms with Crippen LogP contribution in [0.1, 0.15) is 34.5 Å². The zero-order chi connectivity index (χ0) is 17.5. The number of aromatic amines is 1. The molecule has 0 aliphatic carbocycles. The maximum Gasteiger partial charge on any atom is 0.266 e. The molecule has 0 aromatic carbocycles. The van der Waals surface area contributed by atoms with E-state index in [1.54, 1.807) is 20.0 Å². The molecule has 0 saturated carbocycles. The molecule has 2 aromatic heterocycles. The molecule has 0 aliphatic rings. The van der Waals surface area contributed by atoms with E-state index in [2.05, 4.69) is 15.3 Å². The van der Waals surface area contributed by atoms with Crippen molar-refractivity contribution >= 4 is 5.91 Å². The van der Waals surface area contributed by atoms with Crippen LogP contribution in [0.3, 0.4) is 0 Å². The molecule has 0 radical (unpaired) electrons. The molecule has 2 aromatic rings. The summed E-state index contributed by atoms with van der Waals surface area (Å²) in [5, 5.41) is 11.9. The molecule has 0 atom stereocenters. The highest BCUT2D eigenvalue weighted by molar-refractivity contribution is 5.76. The van der Waals surface area contributed by atoms with Gasteiger partial charge in [0.15, 0.2) is 0 Å². The summed E-state index contributed by atoms with van der Waals surface area (Å²) in [6.45, 7) is 4.06. The van der Waals surface area contributed by atoms with Crippen molar-refractivity contribution in [2.45, 2.75) is 33.1 Å². The van der Waals surface area contributed by atoms with Gasteiger partial charge in [-0.2, -0.15) is 5.26 Å². The number of carbonyl (C=O) groups is 1. The molecule has 2 N–H and O–H groups in total. The summed E-state index contributed by atoms with van der Waals surface area (Å²) in [5.74, 6) is -0.0607. The Kier molecular flexibility index (Phi) is 5.85. The van der Waals surface area contributed by atoms with Crippen LogP contribution in [0.2, 0.25) is 0 Å². The van der Waals surface area contributed by atoms with Crippen LogP contribution in [0.25, 0.3) is 0 Å². The number of aromatic nitrogens is 2. The monoisotopic (exact) mass is 324 g/mol. The number of H-pyrrole nitrogens is 1. The van der Waals surface area contributed by atoms with Crippen LogP contribution in [-0.2, 0) is 17.6 Å². The molecule has 2 rings (SSSR count). The van der Waals surface area contributed by atoms with Crippen LogP contribution in [0.4, 0.5) is 0 Å². The lowest BCUT2D eigenvalue weighted by molar-refractivity contribution is -0.121. The van der Waals surface area contributed by atoms with Gasteiger partial charge in [0.05, 0.1) is 0 Å². The van der Waals surface area contributed by atoms with E-state index in [9.17, 15) is 9.59 Å². The Morgan fingerprint density at radius 2 is 2.12 bits per heavy atom. The quantitative estimate of drug-likeness (QED) is 0.842. The van der Waals surface area contributed by atoms with Crippen molar-refractivity contribution < 1.29 is 4.79 Å². The number of hydrogen-bond donors (Lipinski definition) is 2. The first-order valence-electron chi connectivity index (χ1n) is 7.82. The Labute approximate surface area is 140 Å². The van der Waals surface area contributed by atoms with Crippen molar-refractivity contribution in [2.24, 2.45) is 0 Å². The number of nitrogens with zero attached hydrogens (tertiary/aromatic N) is 2. The van der Waals surface area contributed by atoms with E-state index < -0.39 is 0 Å². The van der Waals surface area contributed by atoms with E-state index in [-0.39, 0.29) is 17.0 Å². The van der Waals surface area contributed by atoms with Crippen molar-refractivity contribution in [3.8, 4) is 6.07 Å². The first-order valence-corrected chi connectivity index (χ1v) is 7.82. The second-order valence-corrected chi connectivity index (χ2v) is 5.59. The SMILES string of the molecule is Cc1[nH]c(=O)c(C#N)c(C)c1CCC(=O)NCCc1ccccn1. The molecule has 6 nitrogen and oxygen atoms in total. The number of rotatable bonds is 6. The van der Waals surface area contributed by atoms with Gasteiger partial charge < -0.3 is 10.3 Å². The standard InChI is InChI=1S/C18H20N4O2/c1-12-15(13(2)22-18(24)16(12)11-19)6-7-17(23)21-10-8-14-5-3-4-9-20-14/h3-5,9H,6-8,10H2,1-2H3,(H,21,23)(H,22,24). The van der Waals surface area contributed by atoms with Crippen LogP contribution in [-0.4, -0.2) is 22.4 Å². The number of carbonyl (C=O) groups excluding carboxylic acids is 1. The van der Waals surface area contributed by atoms with E-state index in [1.165, 1.54) is 0 Å². The van der Waals surface area contributed by atoms with E-state index in [1.807, 2.05) is 24.3 Å². The second kappa shape index (κ2) is 8.06. The molecule has 0 saturated heterocycles. The normalized spacial score (nSPS) is 10.2. The van der Waals surface area contributed by atoms with Crippen LogP contribution in [0.15, 0.2) is 29.2 Å². The molecule has 6 heteroatoms. The third-order valence-corrected chi connectivity index (χ3v) is 3.95. The van der Waals surface area contributed by atoms with Crippen molar-refractivity contribution in [3.05, 3.63) is 62.8 Å². The molecule has 24 heavy (non-hydrogen) atoms. The van der Waals surface area contributed by atoms with E-state index in [0.29, 0.717) is 37.1 Å². The third-order valence-electron chi connectivity index (χ3n) is 3.95. The van der Waals surface area contributed by atoms with Gasteiger partial charge >= 0.3 is 0 Å². The molecule has 0 unspecified atom stereocenters. The summed E-state index contributed by atoms with van der Waals surface area (Å²) in [4.78, 5) is 30.6. The number of hydrogen-bond acceptors (Lipinski definition) is 4. The average molecular weight is 324 g/mol. The fraction of sp³-hybridized carbons (Fsp3) is 0.333. The molecule has 1 amide bonds. The van der Waals surface area contributed by atoms with Gasteiger partial charge in [-0.05, 0) is 43.5 Å². The zero-order valence-corrected chi connectivity index (χ0v) is 13.8. The Morgan fingerprint density at radius 1 is 1.33 bits per heavy atom. The third kappa shape index (κ3) is 4.29. The van der Waals surface area contributed by atoms with Gasteiger partial charge in [-0.15, -0.1) is 0 Å². The zero-order valence-electron chi connectivity index (χ0n) is 13.8. The lowest BCUT2D eigenvalue weighted by Gasteiger charge is -2.11. The smallest absolute Gasteiger partial charge is 0.266 e. The number of pyridine rings is 2. The van der Waals surface area contributed by atoms with Crippen molar-refractivity contribution in [1.29, 1.82) is 5.26 Å². The fourth-order valence-corrected chi connectivity index (χ4v) is 2.62. The highest BCUT2D eigenvalue weighted by Crippen LogP contribution is 2.14. The van der Waals surface area contributed by atoms with Gasteiger partial charge in [0.25, 0.3) is 5.56 Å². The number of nitrogens with one attached hydrogen (secondary N) is 2. The minimum absolute atomic E-state index is 0.0607. The maximum atomic E-state index is 12.0. The van der Waals surface area contributed by atoms with Gasteiger partial charge in [0.1, 0.15) is 11.6 Å². The minimum atomic E-state index is -0.379. The van der Waals surface area contributed by atoms with E-state index in [0.717, 1.165) is 11.3 Å². The second-order valence-electron chi connectivity index (χ2n) is 5.59. The van der Waals surface area contributed by atoms with E-state index >= 15 is 0 Å². The molecular weight excluding hydrogens is 304 g/mol. The van der Waals surface area contributed by atoms with Crippen LogP contribution < -0.4 is 10.9 Å². The first-order chi connectivity index (χ1) is 11.5. The molecule has 0 bridgehead atoms. The van der Waals surface area contributed by atoms with Crippen LogP contribution in [0, 0.1) is 25.2 Å². The Bertz CT molecular complexity index is 819. The first kappa shape index (κ1) is 17.4. The average Bonchev–Trinajstić information content (AvgIpc) is 2.55. The highest BCUT2D eigenvalue weighted by atomic mass is 16.1. The minimum Gasteiger partial charge on any atom is -0.356 e. The molecular formula is C18H20N4O2. The van der Waals surface area contributed by atoms with Gasteiger partial charge in [-0.3, -0.25) is 14.6 Å². The van der Waals surface area contributed by atoms with Gasteiger partial charge in [-0.1, -0.05) is 6.07 Å². The summed E-state index contributed by atoms with van der Waals surface area (Å²) in [5.41, 5.74) is 2.88. The predicted octanol–water partition coefficient (Wildman–Crippen LogP) is 1.55. The van der Waals surface area contributed by atoms with Gasteiger partial charge in [0, 0.05) is 37.0 Å². The van der Waals surface area contributed by atoms with Gasteiger partial charge in [0.2, 0.25) is 5.91 Å². The van der Waals surface area contributed by atoms with Gasteiger partial charge in [-0.25, -0.2) is 0 Å². The van der Waals surface area contributed by atoms with Crippen molar-refractivity contribution in [1.82, 2.24) is 15.3 Å². The predicted molar refractivity (Wildman–Crippen MR) is 90.5 cm³/mol.